The number of hydrazone groups is 2. The molecule has 2 aliphatic rings. The lowest BCUT2D eigenvalue weighted by molar-refractivity contribution is 0.105. The molecule has 2 amide bonds. The van der Waals surface area contributed by atoms with Gasteiger partial charge in [-0.2, -0.15) is 35.5 Å². The van der Waals surface area contributed by atoms with E-state index in [0.29, 0.717) is 5.69 Å². The van der Waals surface area contributed by atoms with Crippen LogP contribution in [0.4, 0.5) is 27.5 Å². The van der Waals surface area contributed by atoms with Gasteiger partial charge in [0.15, 0.2) is 11.4 Å². The van der Waals surface area contributed by atoms with Gasteiger partial charge in [0.1, 0.15) is 9.81 Å². The smallest absolute Gasteiger partial charge is 0.308 e. The summed E-state index contributed by atoms with van der Waals surface area (Å²) < 4.78 is 102. The first kappa shape index (κ1) is 38.4. The fourth-order valence-electron chi connectivity index (χ4n) is 5.43. The number of amides is 2. The molecule has 0 saturated carbocycles. The van der Waals surface area contributed by atoms with Crippen LogP contribution >= 0.6 is 0 Å². The van der Waals surface area contributed by atoms with E-state index in [9.17, 15) is 53.3 Å². The maximum atomic E-state index is 13.4. The van der Waals surface area contributed by atoms with Crippen molar-refractivity contribution in [2.45, 2.75) is 11.8 Å². The standard InChI is InChI=1S/C34H26N6O12S3/c1-18-7-8-24(17-27(18)53(44,45)46)38-40-31-29(55(50,51)52)16-20-14-23(10-12-26(20)33(31)42)36-34(43)35-22-9-11-25-19(13-22)15-28(54(47,48)49)30(32(25)41)39-37-21-5-3-2-4-6-21/h2-17,37-38H,1H3,(H2,35,36,43)(H,44,45,46)(H,47,48,49)(H,50,51,52). The van der Waals surface area contributed by atoms with E-state index in [4.69, 9.17) is 0 Å². The summed E-state index contributed by atoms with van der Waals surface area (Å²) in [5.41, 5.74) is 4.32. The van der Waals surface area contributed by atoms with Crippen molar-refractivity contribution in [1.82, 2.24) is 0 Å². The average molecular weight is 807 g/mol. The number of fused-ring (bicyclic) bond motifs is 2. The molecule has 0 bridgehead atoms. The Kier molecular flexibility index (Phi) is 10.1. The topological polar surface area (TPSA) is 287 Å². The minimum Gasteiger partial charge on any atom is -0.308 e. The summed E-state index contributed by atoms with van der Waals surface area (Å²) in [5, 5.41) is 12.7. The van der Waals surface area contributed by atoms with E-state index in [2.05, 4.69) is 31.7 Å². The molecule has 0 aromatic heterocycles. The third kappa shape index (κ3) is 8.41. The van der Waals surface area contributed by atoms with Crippen LogP contribution in [0.5, 0.6) is 0 Å². The van der Waals surface area contributed by atoms with Crippen molar-refractivity contribution in [2.24, 2.45) is 10.2 Å². The molecule has 55 heavy (non-hydrogen) atoms. The van der Waals surface area contributed by atoms with Gasteiger partial charge in [0.05, 0.1) is 16.3 Å². The molecule has 0 aliphatic heterocycles. The number of allylic oxidation sites excluding steroid dienone is 2. The van der Waals surface area contributed by atoms with Gasteiger partial charge in [0.25, 0.3) is 30.4 Å². The molecule has 282 valence electrons. The fourth-order valence-corrected chi connectivity index (χ4v) is 7.50. The van der Waals surface area contributed by atoms with E-state index in [-0.39, 0.29) is 44.9 Å². The molecule has 0 saturated heterocycles. The Labute approximate surface area is 312 Å². The zero-order chi connectivity index (χ0) is 39.9. The Hall–Kier alpha value is -6.36. The monoisotopic (exact) mass is 806 g/mol. The summed E-state index contributed by atoms with van der Waals surface area (Å²) >= 11 is 0. The number of hydrogen-bond donors (Lipinski definition) is 7. The normalized spacial score (nSPS) is 15.8. The molecule has 0 atom stereocenters. The number of carbonyl (C=O) groups is 3. The number of anilines is 4. The molecular weight excluding hydrogens is 781 g/mol. The second kappa shape index (κ2) is 14.5. The van der Waals surface area contributed by atoms with E-state index < -0.39 is 74.1 Å². The molecule has 0 heterocycles. The highest BCUT2D eigenvalue weighted by Crippen LogP contribution is 2.30. The molecule has 21 heteroatoms. The molecule has 0 fully saturated rings. The van der Waals surface area contributed by atoms with Crippen LogP contribution in [0.2, 0.25) is 0 Å². The van der Waals surface area contributed by atoms with E-state index >= 15 is 0 Å². The lowest BCUT2D eigenvalue weighted by Gasteiger charge is -2.18. The number of aryl methyl sites for hydroxylation is 1. The van der Waals surface area contributed by atoms with Gasteiger partial charge in [-0.1, -0.05) is 24.3 Å². The third-order valence-corrected chi connectivity index (χ3v) is 10.7. The summed E-state index contributed by atoms with van der Waals surface area (Å²) in [4.78, 5) is 37.5. The van der Waals surface area contributed by atoms with E-state index in [0.717, 1.165) is 18.2 Å². The van der Waals surface area contributed by atoms with Crippen molar-refractivity contribution in [3.8, 4) is 0 Å². The summed E-state index contributed by atoms with van der Waals surface area (Å²) in [5.74, 6) is -1.78. The highest BCUT2D eigenvalue weighted by Gasteiger charge is 2.34. The fraction of sp³-hybridized carbons (Fsp3) is 0.0294. The predicted molar refractivity (Wildman–Crippen MR) is 203 cm³/mol. The van der Waals surface area contributed by atoms with Crippen molar-refractivity contribution in [3.63, 3.8) is 0 Å². The number of para-hydroxylation sites is 1. The number of Topliss-reactive ketones (excluding diaryl/α,β-unsaturated/α-hetero) is 2. The number of nitrogens with zero attached hydrogens (tertiary/aromatic N) is 2. The summed E-state index contributed by atoms with van der Waals surface area (Å²) in [6.07, 6.45) is 1.95. The Morgan fingerprint density at radius 1 is 0.564 bits per heavy atom. The zero-order valence-corrected chi connectivity index (χ0v) is 30.3. The van der Waals surface area contributed by atoms with Gasteiger partial charge in [-0.3, -0.25) is 34.1 Å². The molecule has 0 radical (unpaired) electrons. The molecule has 0 spiro atoms. The Morgan fingerprint density at radius 3 is 1.47 bits per heavy atom. The molecule has 18 nitrogen and oxygen atoms in total. The quantitative estimate of drug-likeness (QED) is 0.0894. The molecule has 6 rings (SSSR count). The second-order valence-corrected chi connectivity index (χ2v) is 15.9. The second-order valence-electron chi connectivity index (χ2n) is 11.8. The van der Waals surface area contributed by atoms with Gasteiger partial charge in [-0.15, -0.1) is 0 Å². The SMILES string of the molecule is Cc1ccc(NN=C2C(=O)c3ccc(NC(=O)Nc4ccc5c(c4)C=C(S(=O)(=O)O)C(=NNc4ccccc4)C5=O)cc3C=C2S(=O)(=O)O)cc1S(=O)(=O)O. The summed E-state index contributed by atoms with van der Waals surface area (Å²) in [7, 11) is -14.6. The largest absolute Gasteiger partial charge is 0.323 e. The van der Waals surface area contributed by atoms with Crippen LogP contribution in [0.1, 0.15) is 37.4 Å². The van der Waals surface area contributed by atoms with Crippen molar-refractivity contribution < 1.29 is 53.3 Å². The van der Waals surface area contributed by atoms with Crippen LogP contribution in [0.25, 0.3) is 12.2 Å². The number of ketones is 2. The van der Waals surface area contributed by atoms with E-state index in [1.807, 2.05) is 0 Å². The van der Waals surface area contributed by atoms with E-state index in [1.165, 1.54) is 55.5 Å². The van der Waals surface area contributed by atoms with Gasteiger partial charge in [-0.25, -0.2) is 4.79 Å². The molecule has 0 unspecified atom stereocenters. The number of nitrogens with one attached hydrogen (secondary N) is 4. The highest BCUT2D eigenvalue weighted by molar-refractivity contribution is 7.91. The van der Waals surface area contributed by atoms with E-state index in [1.54, 1.807) is 30.3 Å². The van der Waals surface area contributed by atoms with Crippen molar-refractivity contribution >= 4 is 94.3 Å². The van der Waals surface area contributed by atoms with Gasteiger partial charge >= 0.3 is 6.03 Å². The summed E-state index contributed by atoms with van der Waals surface area (Å²) in [6.45, 7) is 1.42. The Balaban J connectivity index is 1.22. The molecular formula is C34H26N6O12S3. The number of urea groups is 1. The lowest BCUT2D eigenvalue weighted by Crippen LogP contribution is -2.27. The van der Waals surface area contributed by atoms with Crippen LogP contribution in [-0.4, -0.2) is 67.9 Å². The van der Waals surface area contributed by atoms with Crippen LogP contribution in [0.3, 0.4) is 0 Å². The van der Waals surface area contributed by atoms with Crippen LogP contribution < -0.4 is 21.5 Å². The zero-order valence-electron chi connectivity index (χ0n) is 27.9. The minimum atomic E-state index is -5.07. The summed E-state index contributed by atoms with van der Waals surface area (Å²) in [6, 6.07) is 18.9. The first-order chi connectivity index (χ1) is 25.8. The molecule has 4 aromatic rings. The minimum absolute atomic E-state index is 0.0209. The van der Waals surface area contributed by atoms with Crippen LogP contribution in [-0.2, 0) is 30.4 Å². The molecule has 4 aromatic carbocycles. The Bertz CT molecular complexity index is 2800. The highest BCUT2D eigenvalue weighted by atomic mass is 32.2. The van der Waals surface area contributed by atoms with Crippen molar-refractivity contribution in [3.05, 3.63) is 123 Å². The van der Waals surface area contributed by atoms with Gasteiger partial charge < -0.3 is 10.6 Å². The van der Waals surface area contributed by atoms with Gasteiger partial charge in [0.2, 0.25) is 11.6 Å². The lowest BCUT2D eigenvalue weighted by atomic mass is 9.94. The predicted octanol–water partition coefficient (Wildman–Crippen LogP) is 4.67. The number of benzene rings is 4. The molecule has 7 N–H and O–H groups in total. The van der Waals surface area contributed by atoms with Crippen molar-refractivity contribution in [2.75, 3.05) is 21.5 Å². The number of rotatable bonds is 9. The first-order valence-electron chi connectivity index (χ1n) is 15.4. The Morgan fingerprint density at radius 2 is 1.02 bits per heavy atom. The van der Waals surface area contributed by atoms with Gasteiger partial charge in [0, 0.05) is 22.5 Å². The average Bonchev–Trinajstić information content (AvgIpc) is 3.10. The first-order valence-corrected chi connectivity index (χ1v) is 19.8. The van der Waals surface area contributed by atoms with Crippen LogP contribution in [0.15, 0.2) is 110 Å². The molecule has 2 aliphatic carbocycles. The number of hydrogen-bond acceptors (Lipinski definition) is 13. The maximum Gasteiger partial charge on any atom is 0.323 e. The maximum absolute atomic E-state index is 13.4. The van der Waals surface area contributed by atoms with Crippen molar-refractivity contribution in [1.29, 1.82) is 0 Å². The van der Waals surface area contributed by atoms with Crippen LogP contribution in [0, 0.1) is 6.92 Å². The number of carbonyl (C=O) groups excluding carboxylic acids is 3. The van der Waals surface area contributed by atoms with Gasteiger partial charge in [-0.05, 0) is 96.4 Å². The third-order valence-electron chi connectivity index (χ3n) is 7.97.